The van der Waals surface area contributed by atoms with Crippen LogP contribution in [0.2, 0.25) is 0 Å². The lowest BCUT2D eigenvalue weighted by Gasteiger charge is -2.34. The van der Waals surface area contributed by atoms with Crippen molar-refractivity contribution in [3.8, 4) is 5.88 Å². The van der Waals surface area contributed by atoms with Gasteiger partial charge in [0.2, 0.25) is 5.88 Å². The van der Waals surface area contributed by atoms with Crippen molar-refractivity contribution >= 4 is 0 Å². The summed E-state index contributed by atoms with van der Waals surface area (Å²) in [6.07, 6.45) is 6.92. The van der Waals surface area contributed by atoms with Gasteiger partial charge >= 0.3 is 0 Å². The topological polar surface area (TPSA) is 48.1 Å². The van der Waals surface area contributed by atoms with E-state index >= 15 is 0 Å². The van der Waals surface area contributed by atoms with Crippen LogP contribution in [0.25, 0.3) is 0 Å². The lowest BCUT2D eigenvalue weighted by molar-refractivity contribution is 0.0814. The Morgan fingerprint density at radius 3 is 2.88 bits per heavy atom. The van der Waals surface area contributed by atoms with Gasteiger partial charge in [0.05, 0.1) is 0 Å². The SMILES string of the molecule is CC1(C)CCCC(Oc2ccc(CN)cn2)C1. The number of nitrogens with zero attached hydrogens (tertiary/aromatic N) is 1. The van der Waals surface area contributed by atoms with Gasteiger partial charge < -0.3 is 10.5 Å². The summed E-state index contributed by atoms with van der Waals surface area (Å²) in [5, 5.41) is 0. The standard InChI is InChI=1S/C14H22N2O/c1-14(2)7-3-4-12(8-14)17-13-6-5-11(9-15)10-16-13/h5-6,10,12H,3-4,7-9,15H2,1-2H3. The first-order valence-electron chi connectivity index (χ1n) is 6.41. The Balaban J connectivity index is 1.95. The maximum atomic E-state index is 5.94. The smallest absolute Gasteiger partial charge is 0.213 e. The van der Waals surface area contributed by atoms with E-state index in [0.717, 1.165) is 24.3 Å². The summed E-state index contributed by atoms with van der Waals surface area (Å²) >= 11 is 0. The highest BCUT2D eigenvalue weighted by molar-refractivity contribution is 5.17. The van der Waals surface area contributed by atoms with E-state index in [1.54, 1.807) is 6.20 Å². The van der Waals surface area contributed by atoms with Gasteiger partial charge in [-0.25, -0.2) is 4.98 Å². The van der Waals surface area contributed by atoms with Crippen molar-refractivity contribution in [2.45, 2.75) is 52.2 Å². The molecule has 1 saturated carbocycles. The Morgan fingerprint density at radius 1 is 1.47 bits per heavy atom. The second-order valence-electron chi connectivity index (χ2n) is 5.71. The van der Waals surface area contributed by atoms with Crippen molar-refractivity contribution in [3.63, 3.8) is 0 Å². The van der Waals surface area contributed by atoms with E-state index in [1.807, 2.05) is 12.1 Å². The third kappa shape index (κ3) is 3.43. The highest BCUT2D eigenvalue weighted by Crippen LogP contribution is 2.36. The van der Waals surface area contributed by atoms with Crippen molar-refractivity contribution in [3.05, 3.63) is 23.9 Å². The molecule has 1 aliphatic rings. The molecule has 1 fully saturated rings. The summed E-state index contributed by atoms with van der Waals surface area (Å²) in [4.78, 5) is 4.29. The molecule has 0 bridgehead atoms. The fourth-order valence-corrected chi connectivity index (χ4v) is 2.50. The molecular weight excluding hydrogens is 212 g/mol. The summed E-state index contributed by atoms with van der Waals surface area (Å²) in [7, 11) is 0. The van der Waals surface area contributed by atoms with Gasteiger partial charge in [0.1, 0.15) is 6.10 Å². The molecule has 1 aromatic heterocycles. The molecule has 3 heteroatoms. The van der Waals surface area contributed by atoms with Crippen LogP contribution in [0.4, 0.5) is 0 Å². The van der Waals surface area contributed by atoms with Crippen LogP contribution in [0.3, 0.4) is 0 Å². The van der Waals surface area contributed by atoms with Crippen LogP contribution in [-0.4, -0.2) is 11.1 Å². The first-order chi connectivity index (χ1) is 8.09. The van der Waals surface area contributed by atoms with E-state index in [9.17, 15) is 0 Å². The molecule has 17 heavy (non-hydrogen) atoms. The van der Waals surface area contributed by atoms with Crippen LogP contribution in [0.1, 0.15) is 45.1 Å². The largest absolute Gasteiger partial charge is 0.474 e. The minimum absolute atomic E-state index is 0.315. The van der Waals surface area contributed by atoms with Gasteiger partial charge in [0.25, 0.3) is 0 Å². The van der Waals surface area contributed by atoms with E-state index in [-0.39, 0.29) is 0 Å². The van der Waals surface area contributed by atoms with Crippen molar-refractivity contribution in [1.82, 2.24) is 4.98 Å². The summed E-state index contributed by atoms with van der Waals surface area (Å²) in [5.74, 6) is 0.727. The lowest BCUT2D eigenvalue weighted by Crippen LogP contribution is -2.30. The van der Waals surface area contributed by atoms with Crippen molar-refractivity contribution in [2.24, 2.45) is 11.1 Å². The Bertz CT molecular complexity index is 359. The van der Waals surface area contributed by atoms with Gasteiger partial charge in [-0.1, -0.05) is 19.9 Å². The van der Waals surface area contributed by atoms with Gasteiger partial charge in [-0.05, 0) is 36.7 Å². The molecule has 0 saturated heterocycles. The van der Waals surface area contributed by atoms with Gasteiger partial charge in [-0.15, -0.1) is 0 Å². The highest BCUT2D eigenvalue weighted by atomic mass is 16.5. The van der Waals surface area contributed by atoms with E-state index in [0.29, 0.717) is 18.1 Å². The van der Waals surface area contributed by atoms with Crippen LogP contribution in [0.15, 0.2) is 18.3 Å². The summed E-state index contributed by atoms with van der Waals surface area (Å²) in [6, 6.07) is 3.90. The molecule has 0 aromatic carbocycles. The van der Waals surface area contributed by atoms with Crippen molar-refractivity contribution < 1.29 is 4.74 Å². The van der Waals surface area contributed by atoms with Gasteiger partial charge in [-0.2, -0.15) is 0 Å². The van der Waals surface area contributed by atoms with E-state index in [2.05, 4.69) is 18.8 Å². The molecule has 1 heterocycles. The number of rotatable bonds is 3. The minimum atomic E-state index is 0.315. The van der Waals surface area contributed by atoms with E-state index < -0.39 is 0 Å². The van der Waals surface area contributed by atoms with Gasteiger partial charge in [-0.3, -0.25) is 0 Å². The molecule has 2 rings (SSSR count). The van der Waals surface area contributed by atoms with Gasteiger partial charge in [0.15, 0.2) is 0 Å². The molecule has 1 unspecified atom stereocenters. The van der Waals surface area contributed by atoms with Crippen LogP contribution in [-0.2, 0) is 6.54 Å². The minimum Gasteiger partial charge on any atom is -0.474 e. The number of hydrogen-bond donors (Lipinski definition) is 1. The number of ether oxygens (including phenoxy) is 1. The Hall–Kier alpha value is -1.09. The lowest BCUT2D eigenvalue weighted by atomic mass is 9.76. The summed E-state index contributed by atoms with van der Waals surface area (Å²) < 4.78 is 5.94. The number of aromatic nitrogens is 1. The molecule has 94 valence electrons. The molecule has 3 nitrogen and oxygen atoms in total. The Labute approximate surface area is 103 Å². The Morgan fingerprint density at radius 2 is 2.29 bits per heavy atom. The summed E-state index contributed by atoms with van der Waals surface area (Å²) in [6.45, 7) is 5.16. The molecular formula is C14H22N2O. The third-order valence-electron chi connectivity index (χ3n) is 3.48. The average Bonchev–Trinajstić information content (AvgIpc) is 2.29. The predicted octanol–water partition coefficient (Wildman–Crippen LogP) is 2.89. The fraction of sp³-hybridized carbons (Fsp3) is 0.643. The number of hydrogen-bond acceptors (Lipinski definition) is 3. The number of pyridine rings is 1. The van der Waals surface area contributed by atoms with Gasteiger partial charge in [0, 0.05) is 18.8 Å². The van der Waals surface area contributed by atoms with Crippen molar-refractivity contribution in [1.29, 1.82) is 0 Å². The fourth-order valence-electron chi connectivity index (χ4n) is 2.50. The van der Waals surface area contributed by atoms with Crippen LogP contribution in [0, 0.1) is 5.41 Å². The van der Waals surface area contributed by atoms with Crippen LogP contribution >= 0.6 is 0 Å². The average molecular weight is 234 g/mol. The number of nitrogens with two attached hydrogens (primary N) is 1. The molecule has 0 amide bonds. The second kappa shape index (κ2) is 5.05. The van der Waals surface area contributed by atoms with E-state index in [4.69, 9.17) is 10.5 Å². The van der Waals surface area contributed by atoms with E-state index in [1.165, 1.54) is 12.8 Å². The normalized spacial score (nSPS) is 23.4. The molecule has 1 aromatic rings. The quantitative estimate of drug-likeness (QED) is 0.874. The highest BCUT2D eigenvalue weighted by Gasteiger charge is 2.29. The maximum Gasteiger partial charge on any atom is 0.213 e. The van der Waals surface area contributed by atoms with Crippen molar-refractivity contribution in [2.75, 3.05) is 0 Å². The molecule has 1 aliphatic carbocycles. The zero-order valence-corrected chi connectivity index (χ0v) is 10.8. The molecule has 0 aliphatic heterocycles. The van der Waals surface area contributed by atoms with Crippen LogP contribution < -0.4 is 10.5 Å². The molecule has 0 radical (unpaired) electrons. The Kier molecular flexibility index (Phi) is 3.67. The van der Waals surface area contributed by atoms with Crippen LogP contribution in [0.5, 0.6) is 5.88 Å². The zero-order chi connectivity index (χ0) is 12.3. The molecule has 2 N–H and O–H groups in total. The maximum absolute atomic E-state index is 5.94. The summed E-state index contributed by atoms with van der Waals surface area (Å²) in [5.41, 5.74) is 6.98. The monoisotopic (exact) mass is 234 g/mol. The molecule has 0 spiro atoms. The first-order valence-corrected chi connectivity index (χ1v) is 6.41. The third-order valence-corrected chi connectivity index (χ3v) is 3.48. The zero-order valence-electron chi connectivity index (χ0n) is 10.8. The predicted molar refractivity (Wildman–Crippen MR) is 68.8 cm³/mol. The molecule has 1 atom stereocenters. The first kappa shape index (κ1) is 12.4. The second-order valence-corrected chi connectivity index (χ2v) is 5.71.